The lowest BCUT2D eigenvalue weighted by molar-refractivity contribution is -0.145. The van der Waals surface area contributed by atoms with Crippen molar-refractivity contribution < 1.29 is 14.4 Å². The zero-order valence-corrected chi connectivity index (χ0v) is 16.0. The van der Waals surface area contributed by atoms with E-state index in [1.165, 1.54) is 83.5 Å². The predicted molar refractivity (Wildman–Crippen MR) is 101 cm³/mol. The number of unbranched alkanes of at least 4 members (excludes halogenated alkanes) is 14. The molecule has 0 heterocycles. The van der Waals surface area contributed by atoms with Gasteiger partial charge in [0.05, 0.1) is 0 Å². The fraction of sp³-hybridized carbons (Fsp3) is 0.950. The van der Waals surface area contributed by atoms with Crippen LogP contribution in [0.3, 0.4) is 0 Å². The molecule has 0 amide bonds. The molecule has 0 radical (unpaired) electrons. The summed E-state index contributed by atoms with van der Waals surface area (Å²) in [6, 6.07) is 0. The van der Waals surface area contributed by atoms with Gasteiger partial charge in [0.25, 0.3) is 0 Å². The molecule has 0 aliphatic carbocycles. The molecular weight excluding hydrogens is 302 g/mol. The summed E-state index contributed by atoms with van der Waals surface area (Å²) in [4.78, 5) is 15.7. The van der Waals surface area contributed by atoms with E-state index < -0.39 is 0 Å². The van der Waals surface area contributed by atoms with Gasteiger partial charge in [-0.2, -0.15) is 0 Å². The minimum atomic E-state index is -0.137. The maximum atomic E-state index is 11.3. The molecule has 0 aliphatic heterocycles. The van der Waals surface area contributed by atoms with Crippen molar-refractivity contribution in [3.05, 3.63) is 0 Å². The van der Waals surface area contributed by atoms with Gasteiger partial charge in [-0.05, 0) is 6.42 Å². The van der Waals surface area contributed by atoms with Gasteiger partial charge in [0.1, 0.15) is 13.2 Å². The minimum Gasteiger partial charge on any atom is -0.463 e. The van der Waals surface area contributed by atoms with Crippen LogP contribution < -0.4 is 5.90 Å². The number of hydrogen-bond donors (Lipinski definition) is 1. The van der Waals surface area contributed by atoms with E-state index in [4.69, 9.17) is 10.6 Å². The lowest BCUT2D eigenvalue weighted by Gasteiger charge is -2.04. The Kier molecular flexibility index (Phi) is 19.9. The van der Waals surface area contributed by atoms with E-state index in [2.05, 4.69) is 11.8 Å². The monoisotopic (exact) mass is 343 g/mol. The van der Waals surface area contributed by atoms with Crippen molar-refractivity contribution in [2.75, 3.05) is 13.2 Å². The molecule has 0 aromatic carbocycles. The van der Waals surface area contributed by atoms with Gasteiger partial charge in [0.15, 0.2) is 0 Å². The number of carbonyl (C=O) groups is 1. The number of rotatable bonds is 19. The molecule has 0 atom stereocenters. The van der Waals surface area contributed by atoms with Crippen molar-refractivity contribution in [1.82, 2.24) is 0 Å². The van der Waals surface area contributed by atoms with E-state index in [0.717, 1.165) is 12.8 Å². The summed E-state index contributed by atoms with van der Waals surface area (Å²) >= 11 is 0. The van der Waals surface area contributed by atoms with E-state index in [1.807, 2.05) is 0 Å². The lowest BCUT2D eigenvalue weighted by Crippen LogP contribution is -2.12. The second-order valence-electron chi connectivity index (χ2n) is 6.79. The highest BCUT2D eigenvalue weighted by Crippen LogP contribution is 2.13. The van der Waals surface area contributed by atoms with Gasteiger partial charge in [-0.25, -0.2) is 5.90 Å². The zero-order valence-electron chi connectivity index (χ0n) is 16.0. The van der Waals surface area contributed by atoms with Crippen molar-refractivity contribution >= 4 is 5.97 Å². The van der Waals surface area contributed by atoms with Crippen molar-refractivity contribution in [2.45, 2.75) is 110 Å². The summed E-state index contributed by atoms with van der Waals surface area (Å²) in [5, 5.41) is 0. The molecule has 0 unspecified atom stereocenters. The van der Waals surface area contributed by atoms with Crippen molar-refractivity contribution in [3.63, 3.8) is 0 Å². The van der Waals surface area contributed by atoms with Crippen LogP contribution in [0.4, 0.5) is 0 Å². The molecule has 24 heavy (non-hydrogen) atoms. The van der Waals surface area contributed by atoms with Crippen LogP contribution in [0.2, 0.25) is 0 Å². The van der Waals surface area contributed by atoms with Crippen LogP contribution in [0.25, 0.3) is 0 Å². The number of carbonyl (C=O) groups excluding carboxylic acids is 1. The van der Waals surface area contributed by atoms with Crippen molar-refractivity contribution in [3.8, 4) is 0 Å². The van der Waals surface area contributed by atoms with E-state index in [0.29, 0.717) is 6.42 Å². The Balaban J connectivity index is 3.06. The fourth-order valence-corrected chi connectivity index (χ4v) is 2.92. The molecule has 0 fully saturated rings. The fourth-order valence-electron chi connectivity index (χ4n) is 2.92. The number of nitrogens with two attached hydrogens (primary N) is 1. The first-order valence-corrected chi connectivity index (χ1v) is 10.3. The van der Waals surface area contributed by atoms with Crippen LogP contribution in [0.1, 0.15) is 110 Å². The highest BCUT2D eigenvalue weighted by atomic mass is 16.6. The Morgan fingerprint density at radius 2 is 1.08 bits per heavy atom. The molecule has 2 N–H and O–H groups in total. The maximum absolute atomic E-state index is 11.3. The quantitative estimate of drug-likeness (QED) is 0.186. The Labute approximate surface area is 149 Å². The summed E-state index contributed by atoms with van der Waals surface area (Å²) in [6.07, 6.45) is 20.5. The van der Waals surface area contributed by atoms with Crippen LogP contribution in [-0.4, -0.2) is 19.2 Å². The Morgan fingerprint density at radius 3 is 1.50 bits per heavy atom. The molecule has 0 saturated heterocycles. The third-order valence-corrected chi connectivity index (χ3v) is 4.45. The molecule has 0 aromatic heterocycles. The highest BCUT2D eigenvalue weighted by Gasteiger charge is 2.02. The zero-order chi connectivity index (χ0) is 17.7. The van der Waals surface area contributed by atoms with Crippen molar-refractivity contribution in [2.24, 2.45) is 5.90 Å². The van der Waals surface area contributed by atoms with Gasteiger partial charge in [0, 0.05) is 6.42 Å². The van der Waals surface area contributed by atoms with E-state index in [9.17, 15) is 4.79 Å². The molecule has 144 valence electrons. The summed E-state index contributed by atoms with van der Waals surface area (Å²) in [6.45, 7) is 2.80. The van der Waals surface area contributed by atoms with Crippen LogP contribution in [-0.2, 0) is 14.4 Å². The van der Waals surface area contributed by atoms with Gasteiger partial charge in [-0.15, -0.1) is 0 Å². The molecule has 4 nitrogen and oxygen atoms in total. The van der Waals surface area contributed by atoms with Crippen LogP contribution >= 0.6 is 0 Å². The standard InChI is InChI=1S/C20H41NO3/c1-2-3-4-5-6-7-8-9-10-11-12-13-14-15-16-17-20(22)23-18-19-24-21/h2-19,21H2,1H3. The number of hydrogen-bond acceptors (Lipinski definition) is 4. The highest BCUT2D eigenvalue weighted by molar-refractivity contribution is 5.69. The first kappa shape index (κ1) is 23.4. The molecule has 4 heteroatoms. The summed E-state index contributed by atoms with van der Waals surface area (Å²) < 4.78 is 4.96. The second kappa shape index (κ2) is 20.4. The topological polar surface area (TPSA) is 61.5 Å². The Hall–Kier alpha value is -0.610. The van der Waals surface area contributed by atoms with Crippen LogP contribution in [0, 0.1) is 0 Å². The summed E-state index contributed by atoms with van der Waals surface area (Å²) in [5.74, 6) is 4.72. The second-order valence-corrected chi connectivity index (χ2v) is 6.79. The molecule has 0 rings (SSSR count). The SMILES string of the molecule is CCCCCCCCCCCCCCCCCC(=O)OCCON. The van der Waals surface area contributed by atoms with Gasteiger partial charge < -0.3 is 9.57 Å². The minimum absolute atomic E-state index is 0.137. The molecule has 0 saturated carbocycles. The lowest BCUT2D eigenvalue weighted by atomic mass is 10.0. The first-order valence-electron chi connectivity index (χ1n) is 10.3. The van der Waals surface area contributed by atoms with E-state index in [1.54, 1.807) is 0 Å². The molecule has 0 spiro atoms. The van der Waals surface area contributed by atoms with Crippen molar-refractivity contribution in [1.29, 1.82) is 0 Å². The molecule has 0 bridgehead atoms. The third-order valence-electron chi connectivity index (χ3n) is 4.45. The Morgan fingerprint density at radius 1 is 0.667 bits per heavy atom. The smallest absolute Gasteiger partial charge is 0.305 e. The van der Waals surface area contributed by atoms with E-state index in [-0.39, 0.29) is 19.2 Å². The predicted octanol–water partition coefficient (Wildman–Crippen LogP) is 5.68. The number of esters is 1. The summed E-state index contributed by atoms with van der Waals surface area (Å²) in [7, 11) is 0. The average Bonchev–Trinajstić information content (AvgIpc) is 2.58. The molecule has 0 aromatic rings. The van der Waals surface area contributed by atoms with Gasteiger partial charge in [-0.1, -0.05) is 96.8 Å². The van der Waals surface area contributed by atoms with Crippen LogP contribution in [0.5, 0.6) is 0 Å². The van der Waals surface area contributed by atoms with E-state index >= 15 is 0 Å². The average molecular weight is 344 g/mol. The van der Waals surface area contributed by atoms with Gasteiger partial charge in [-0.3, -0.25) is 4.79 Å². The Bertz CT molecular complexity index is 259. The largest absolute Gasteiger partial charge is 0.463 e. The molecular formula is C20H41NO3. The third kappa shape index (κ3) is 19.4. The van der Waals surface area contributed by atoms with Crippen LogP contribution in [0.15, 0.2) is 0 Å². The van der Waals surface area contributed by atoms with Gasteiger partial charge >= 0.3 is 5.97 Å². The first-order chi connectivity index (χ1) is 11.8. The maximum Gasteiger partial charge on any atom is 0.305 e. The molecule has 0 aliphatic rings. The normalized spacial score (nSPS) is 10.9. The number of ether oxygens (including phenoxy) is 1. The summed E-state index contributed by atoms with van der Waals surface area (Å²) in [5.41, 5.74) is 0. The van der Waals surface area contributed by atoms with Gasteiger partial charge in [0.2, 0.25) is 0 Å².